The number of halogens is 3. The minimum Gasteiger partial charge on any atom is -0.435 e. The van der Waals surface area contributed by atoms with Gasteiger partial charge in [-0.1, -0.05) is 13.3 Å². The second kappa shape index (κ2) is 10.3. The number of nitrogens with two attached hydrogens (primary N) is 1. The summed E-state index contributed by atoms with van der Waals surface area (Å²) in [6.45, 7) is -0.460. The third kappa shape index (κ3) is 5.81. The average molecular weight is 392 g/mol. The number of nitrogens with zero attached hydrogens (tertiary/aromatic N) is 1. The number of alkyl halides is 2. The first-order valence-corrected chi connectivity index (χ1v) is 8.34. The minimum absolute atomic E-state index is 0. The Morgan fingerprint density at radius 3 is 2.62 bits per heavy atom. The zero-order valence-electron chi connectivity index (χ0n) is 14.5. The third-order valence-corrected chi connectivity index (χ3v) is 4.07. The lowest BCUT2D eigenvalue weighted by atomic mass is 10.0. The van der Waals surface area contributed by atoms with Crippen LogP contribution in [0.2, 0.25) is 0 Å². The summed E-state index contributed by atoms with van der Waals surface area (Å²) >= 11 is 0. The van der Waals surface area contributed by atoms with Crippen LogP contribution in [0.15, 0.2) is 24.3 Å². The van der Waals surface area contributed by atoms with E-state index in [9.17, 15) is 18.4 Å². The Morgan fingerprint density at radius 2 is 2.04 bits per heavy atom. The van der Waals surface area contributed by atoms with Gasteiger partial charge in [0.1, 0.15) is 11.8 Å². The van der Waals surface area contributed by atoms with Gasteiger partial charge in [-0.3, -0.25) is 9.59 Å². The van der Waals surface area contributed by atoms with Crippen molar-refractivity contribution < 1.29 is 23.1 Å². The van der Waals surface area contributed by atoms with Crippen LogP contribution in [0.25, 0.3) is 0 Å². The number of rotatable bonds is 7. The number of anilines is 1. The number of benzene rings is 1. The Hall–Kier alpha value is -1.93. The van der Waals surface area contributed by atoms with Crippen LogP contribution in [0, 0.1) is 0 Å². The maximum atomic E-state index is 12.6. The molecule has 1 aromatic rings. The summed E-state index contributed by atoms with van der Waals surface area (Å²) in [5, 5.41) is 2.71. The van der Waals surface area contributed by atoms with Crippen molar-refractivity contribution in [1.82, 2.24) is 5.32 Å². The van der Waals surface area contributed by atoms with Gasteiger partial charge in [0, 0.05) is 12.2 Å². The van der Waals surface area contributed by atoms with Gasteiger partial charge in [0.25, 0.3) is 0 Å². The fraction of sp³-hybridized carbons (Fsp3) is 0.529. The van der Waals surface area contributed by atoms with Crippen molar-refractivity contribution >= 4 is 29.9 Å². The van der Waals surface area contributed by atoms with E-state index in [4.69, 9.17) is 5.73 Å². The maximum Gasteiger partial charge on any atom is 0.387 e. The molecular formula is C17H24ClF2N3O3. The normalized spacial score (nSPS) is 18.3. The van der Waals surface area contributed by atoms with Gasteiger partial charge in [-0.25, -0.2) is 0 Å². The van der Waals surface area contributed by atoms with Crippen LogP contribution in [0.1, 0.15) is 32.6 Å². The molecule has 1 saturated heterocycles. The molecule has 2 amide bonds. The van der Waals surface area contributed by atoms with Crippen LogP contribution in [-0.2, 0) is 9.59 Å². The molecule has 0 aliphatic carbocycles. The van der Waals surface area contributed by atoms with Crippen molar-refractivity contribution in [2.45, 2.75) is 51.3 Å². The summed E-state index contributed by atoms with van der Waals surface area (Å²) in [6, 6.07) is 4.60. The number of amides is 2. The molecule has 6 nitrogen and oxygen atoms in total. The summed E-state index contributed by atoms with van der Waals surface area (Å²) in [6.07, 6.45) is 2.61. The maximum absolute atomic E-state index is 12.6. The molecule has 1 aliphatic rings. The van der Waals surface area contributed by atoms with Gasteiger partial charge < -0.3 is 20.7 Å². The quantitative estimate of drug-likeness (QED) is 0.747. The number of hydrogen-bond acceptors (Lipinski definition) is 4. The molecule has 0 radical (unpaired) electrons. The Morgan fingerprint density at radius 1 is 1.38 bits per heavy atom. The van der Waals surface area contributed by atoms with Crippen LogP contribution < -0.4 is 20.7 Å². The van der Waals surface area contributed by atoms with E-state index in [1.165, 1.54) is 17.0 Å². The number of ether oxygens (including phenoxy) is 1. The Balaban J connectivity index is 0.00000338. The molecule has 146 valence electrons. The van der Waals surface area contributed by atoms with Gasteiger partial charge in [-0.15, -0.1) is 12.4 Å². The topological polar surface area (TPSA) is 84.7 Å². The molecule has 1 aliphatic heterocycles. The van der Waals surface area contributed by atoms with E-state index in [0.29, 0.717) is 25.1 Å². The van der Waals surface area contributed by atoms with Crippen LogP contribution in [0.3, 0.4) is 0 Å². The molecule has 2 unspecified atom stereocenters. The second-order valence-corrected chi connectivity index (χ2v) is 5.96. The van der Waals surface area contributed by atoms with Gasteiger partial charge in [0.05, 0.1) is 6.04 Å². The van der Waals surface area contributed by atoms with Crippen molar-refractivity contribution in [2.75, 3.05) is 11.4 Å². The van der Waals surface area contributed by atoms with E-state index < -0.39 is 18.7 Å². The van der Waals surface area contributed by atoms with E-state index in [-0.39, 0.29) is 30.0 Å². The molecule has 2 rings (SSSR count). The second-order valence-electron chi connectivity index (χ2n) is 5.96. The van der Waals surface area contributed by atoms with Crippen molar-refractivity contribution in [2.24, 2.45) is 5.73 Å². The smallest absolute Gasteiger partial charge is 0.387 e. The van der Waals surface area contributed by atoms with Crippen LogP contribution in [0.4, 0.5) is 14.5 Å². The number of piperidine rings is 1. The lowest BCUT2D eigenvalue weighted by molar-refractivity contribution is -0.129. The molecule has 9 heteroatoms. The number of carbonyl (C=O) groups excluding carboxylic acids is 2. The van der Waals surface area contributed by atoms with E-state index in [2.05, 4.69) is 10.1 Å². The molecular weight excluding hydrogens is 368 g/mol. The zero-order chi connectivity index (χ0) is 18.4. The standard InChI is InChI=1S/C17H23F2N3O3.ClH/c1-2-4-13(20)15(23)21-14-5-3-10-22(16(14)24)11-6-8-12(9-7-11)25-17(18)19;/h6-9,13-14,17H,2-5,10,20H2,1H3,(H,21,23);1H. The number of carbonyl (C=O) groups is 2. The number of hydrogen-bond donors (Lipinski definition) is 2. The van der Waals surface area contributed by atoms with E-state index in [1.54, 1.807) is 12.1 Å². The van der Waals surface area contributed by atoms with Gasteiger partial charge in [-0.2, -0.15) is 8.78 Å². The van der Waals surface area contributed by atoms with Gasteiger partial charge in [0.2, 0.25) is 11.8 Å². The fourth-order valence-corrected chi connectivity index (χ4v) is 2.79. The molecule has 2 atom stereocenters. The molecule has 0 saturated carbocycles. The highest BCUT2D eigenvalue weighted by Gasteiger charge is 2.31. The highest BCUT2D eigenvalue weighted by molar-refractivity contribution is 6.00. The van der Waals surface area contributed by atoms with Gasteiger partial charge in [-0.05, 0) is 43.5 Å². The SMILES string of the molecule is CCCC(N)C(=O)NC1CCCN(c2ccc(OC(F)F)cc2)C1=O.Cl. The van der Waals surface area contributed by atoms with Gasteiger partial charge in [0.15, 0.2) is 0 Å². The number of nitrogens with one attached hydrogen (secondary N) is 1. The molecule has 1 fully saturated rings. The Bertz CT molecular complexity index is 601. The Labute approximate surface area is 157 Å². The van der Waals surface area contributed by atoms with Gasteiger partial charge >= 0.3 is 6.61 Å². The molecule has 3 N–H and O–H groups in total. The third-order valence-electron chi connectivity index (χ3n) is 4.07. The molecule has 1 aromatic carbocycles. The van der Waals surface area contributed by atoms with Crippen LogP contribution >= 0.6 is 12.4 Å². The zero-order valence-corrected chi connectivity index (χ0v) is 15.3. The first-order valence-electron chi connectivity index (χ1n) is 8.34. The molecule has 0 spiro atoms. The highest BCUT2D eigenvalue weighted by Crippen LogP contribution is 2.24. The minimum atomic E-state index is -2.89. The van der Waals surface area contributed by atoms with E-state index in [1.807, 2.05) is 6.92 Å². The summed E-state index contributed by atoms with van der Waals surface area (Å²) in [5.74, 6) is -0.535. The van der Waals surface area contributed by atoms with Crippen LogP contribution in [-0.4, -0.2) is 37.1 Å². The highest BCUT2D eigenvalue weighted by atomic mass is 35.5. The summed E-state index contributed by atoms with van der Waals surface area (Å²) < 4.78 is 28.7. The monoisotopic (exact) mass is 391 g/mol. The van der Waals surface area contributed by atoms with E-state index in [0.717, 1.165) is 12.8 Å². The predicted molar refractivity (Wildman–Crippen MR) is 96.7 cm³/mol. The fourth-order valence-electron chi connectivity index (χ4n) is 2.79. The largest absolute Gasteiger partial charge is 0.435 e. The lowest BCUT2D eigenvalue weighted by Gasteiger charge is -2.33. The van der Waals surface area contributed by atoms with Crippen molar-refractivity contribution in [3.05, 3.63) is 24.3 Å². The summed E-state index contributed by atoms with van der Waals surface area (Å²) in [5.41, 5.74) is 6.35. The van der Waals surface area contributed by atoms with Crippen molar-refractivity contribution in [3.63, 3.8) is 0 Å². The summed E-state index contributed by atoms with van der Waals surface area (Å²) in [7, 11) is 0. The Kier molecular flexibility index (Phi) is 8.74. The average Bonchev–Trinajstić information content (AvgIpc) is 2.57. The first kappa shape index (κ1) is 22.1. The van der Waals surface area contributed by atoms with Crippen molar-refractivity contribution in [3.8, 4) is 5.75 Å². The molecule has 0 aromatic heterocycles. The van der Waals surface area contributed by atoms with E-state index >= 15 is 0 Å². The molecule has 26 heavy (non-hydrogen) atoms. The summed E-state index contributed by atoms with van der Waals surface area (Å²) in [4.78, 5) is 26.2. The van der Waals surface area contributed by atoms with Crippen LogP contribution in [0.5, 0.6) is 5.75 Å². The lowest BCUT2D eigenvalue weighted by Crippen LogP contribution is -2.55. The molecule has 1 heterocycles. The molecule has 0 bridgehead atoms. The first-order chi connectivity index (χ1) is 11.9. The predicted octanol–water partition coefficient (Wildman–Crippen LogP) is 2.45. The van der Waals surface area contributed by atoms with Crippen molar-refractivity contribution in [1.29, 1.82) is 0 Å².